The second-order valence-corrected chi connectivity index (χ2v) is 7.58. The van der Waals surface area contributed by atoms with E-state index >= 15 is 0 Å². The van der Waals surface area contributed by atoms with Crippen LogP contribution in [0.1, 0.15) is 18.4 Å². The van der Waals surface area contributed by atoms with Crippen LogP contribution in [0.25, 0.3) is 22.1 Å². The molecule has 7 heteroatoms. The van der Waals surface area contributed by atoms with Crippen LogP contribution in [0.5, 0.6) is 0 Å². The van der Waals surface area contributed by atoms with E-state index in [0.717, 1.165) is 53.8 Å². The second kappa shape index (κ2) is 7.74. The van der Waals surface area contributed by atoms with Crippen LogP contribution >= 0.6 is 0 Å². The third kappa shape index (κ3) is 3.47. The molecule has 30 heavy (non-hydrogen) atoms. The highest BCUT2D eigenvalue weighted by Gasteiger charge is 2.27. The minimum atomic E-state index is -0.277. The molecule has 1 saturated heterocycles. The Labute approximate surface area is 172 Å². The fourth-order valence-corrected chi connectivity index (χ4v) is 4.03. The number of piperidine rings is 1. The quantitative estimate of drug-likeness (QED) is 0.556. The molecule has 0 aliphatic carbocycles. The van der Waals surface area contributed by atoms with Crippen molar-refractivity contribution in [1.29, 1.82) is 0 Å². The van der Waals surface area contributed by atoms with Crippen molar-refractivity contribution >= 4 is 33.8 Å². The van der Waals surface area contributed by atoms with Gasteiger partial charge in [0.25, 0.3) is 0 Å². The first kappa shape index (κ1) is 18.5. The molecule has 0 saturated carbocycles. The minimum absolute atomic E-state index is 0.0375. The largest absolute Gasteiger partial charge is 0.450 e. The number of furan rings is 1. The summed E-state index contributed by atoms with van der Waals surface area (Å²) < 4.78 is 19.0. The van der Waals surface area contributed by atoms with E-state index < -0.39 is 0 Å². The van der Waals surface area contributed by atoms with Gasteiger partial charge in [0.05, 0.1) is 0 Å². The molecule has 0 spiro atoms. The van der Waals surface area contributed by atoms with Crippen molar-refractivity contribution in [3.63, 3.8) is 0 Å². The molecule has 4 aromatic rings. The summed E-state index contributed by atoms with van der Waals surface area (Å²) in [5.41, 5.74) is 3.19. The zero-order valence-corrected chi connectivity index (χ0v) is 16.3. The first-order valence-corrected chi connectivity index (χ1v) is 10.1. The van der Waals surface area contributed by atoms with Gasteiger partial charge < -0.3 is 14.6 Å². The number of carbonyl (C=O) groups excluding carboxylic acids is 1. The SMILES string of the molecule is O=C(NCc1ccc(F)cc1)C1CCN(c2ncnc3c2oc2ccccc23)CC1. The van der Waals surface area contributed by atoms with Gasteiger partial charge in [0.2, 0.25) is 5.91 Å². The zero-order valence-electron chi connectivity index (χ0n) is 16.3. The topological polar surface area (TPSA) is 71.3 Å². The number of hydrogen-bond donors (Lipinski definition) is 1. The number of carbonyl (C=O) groups is 1. The van der Waals surface area contributed by atoms with Gasteiger partial charge in [-0.2, -0.15) is 0 Å². The number of fused-ring (bicyclic) bond motifs is 3. The predicted molar refractivity (Wildman–Crippen MR) is 112 cm³/mol. The Balaban J connectivity index is 1.26. The Bertz CT molecular complexity index is 1200. The first-order chi connectivity index (χ1) is 14.7. The van der Waals surface area contributed by atoms with Crippen molar-refractivity contribution < 1.29 is 13.6 Å². The van der Waals surface area contributed by atoms with Crippen molar-refractivity contribution in [2.45, 2.75) is 19.4 Å². The average Bonchev–Trinajstić information content (AvgIpc) is 3.17. The molecule has 0 bridgehead atoms. The third-order valence-corrected chi connectivity index (χ3v) is 5.68. The van der Waals surface area contributed by atoms with Crippen LogP contribution in [0.2, 0.25) is 0 Å². The fourth-order valence-electron chi connectivity index (χ4n) is 4.03. The molecule has 2 aromatic carbocycles. The third-order valence-electron chi connectivity index (χ3n) is 5.68. The van der Waals surface area contributed by atoms with Crippen molar-refractivity contribution in [3.05, 3.63) is 66.2 Å². The minimum Gasteiger partial charge on any atom is -0.450 e. The van der Waals surface area contributed by atoms with E-state index in [9.17, 15) is 9.18 Å². The fraction of sp³-hybridized carbons (Fsp3) is 0.261. The van der Waals surface area contributed by atoms with Gasteiger partial charge >= 0.3 is 0 Å². The van der Waals surface area contributed by atoms with Gasteiger partial charge in [-0.3, -0.25) is 4.79 Å². The summed E-state index contributed by atoms with van der Waals surface area (Å²) in [7, 11) is 0. The van der Waals surface area contributed by atoms with E-state index in [4.69, 9.17) is 4.42 Å². The molecule has 0 unspecified atom stereocenters. The molecule has 0 atom stereocenters. The molecule has 1 amide bonds. The van der Waals surface area contributed by atoms with Crippen molar-refractivity contribution in [2.24, 2.45) is 5.92 Å². The molecular weight excluding hydrogens is 383 g/mol. The number of para-hydroxylation sites is 1. The molecule has 5 rings (SSSR count). The Morgan fingerprint density at radius 1 is 1.10 bits per heavy atom. The summed E-state index contributed by atoms with van der Waals surface area (Å²) in [5, 5.41) is 3.94. The smallest absolute Gasteiger partial charge is 0.223 e. The van der Waals surface area contributed by atoms with E-state index in [1.54, 1.807) is 18.5 Å². The zero-order chi connectivity index (χ0) is 20.5. The van der Waals surface area contributed by atoms with Gasteiger partial charge in [0, 0.05) is 30.9 Å². The average molecular weight is 404 g/mol. The molecule has 152 valence electrons. The maximum atomic E-state index is 13.0. The van der Waals surface area contributed by atoms with E-state index in [1.165, 1.54) is 12.1 Å². The summed E-state index contributed by atoms with van der Waals surface area (Å²) in [6, 6.07) is 14.0. The molecule has 1 aliphatic rings. The van der Waals surface area contributed by atoms with Crippen molar-refractivity contribution in [3.8, 4) is 0 Å². The van der Waals surface area contributed by atoms with Crippen LogP contribution in [-0.4, -0.2) is 29.0 Å². The lowest BCUT2D eigenvalue weighted by molar-refractivity contribution is -0.125. The molecule has 1 N–H and O–H groups in total. The summed E-state index contributed by atoms with van der Waals surface area (Å²) >= 11 is 0. The number of nitrogens with one attached hydrogen (secondary N) is 1. The standard InChI is InChI=1S/C23H21FN4O2/c24-17-7-5-15(6-8-17)13-25-23(29)16-9-11-28(12-10-16)22-21-20(26-14-27-22)18-3-1-2-4-19(18)30-21/h1-8,14,16H,9-13H2,(H,25,29). The normalized spacial score (nSPS) is 15.0. The van der Waals surface area contributed by atoms with Gasteiger partial charge in [-0.15, -0.1) is 0 Å². The number of hydrogen-bond acceptors (Lipinski definition) is 5. The number of anilines is 1. The highest BCUT2D eigenvalue weighted by molar-refractivity contribution is 6.05. The Morgan fingerprint density at radius 2 is 1.87 bits per heavy atom. The Kier molecular flexibility index (Phi) is 4.78. The lowest BCUT2D eigenvalue weighted by Crippen LogP contribution is -2.40. The van der Waals surface area contributed by atoms with Crippen LogP contribution in [-0.2, 0) is 11.3 Å². The summed E-state index contributed by atoms with van der Waals surface area (Å²) in [5.74, 6) is 0.493. The summed E-state index contributed by atoms with van der Waals surface area (Å²) in [6.07, 6.45) is 3.04. The molecule has 1 fully saturated rings. The van der Waals surface area contributed by atoms with Crippen LogP contribution < -0.4 is 10.2 Å². The first-order valence-electron chi connectivity index (χ1n) is 10.1. The van der Waals surface area contributed by atoms with E-state index in [2.05, 4.69) is 20.2 Å². The van der Waals surface area contributed by atoms with Crippen molar-refractivity contribution in [2.75, 3.05) is 18.0 Å². The molecule has 1 aliphatic heterocycles. The summed E-state index contributed by atoms with van der Waals surface area (Å²) in [6.45, 7) is 1.85. The van der Waals surface area contributed by atoms with E-state index in [-0.39, 0.29) is 17.6 Å². The lowest BCUT2D eigenvalue weighted by Gasteiger charge is -2.31. The Hall–Kier alpha value is -3.48. The molecule has 3 heterocycles. The molecular formula is C23H21FN4O2. The predicted octanol–water partition coefficient (Wildman–Crippen LogP) is 4.05. The summed E-state index contributed by atoms with van der Waals surface area (Å²) in [4.78, 5) is 23.6. The second-order valence-electron chi connectivity index (χ2n) is 7.58. The van der Waals surface area contributed by atoms with Crippen LogP contribution in [0.15, 0.2) is 59.3 Å². The van der Waals surface area contributed by atoms with Crippen LogP contribution in [0.4, 0.5) is 10.2 Å². The number of benzene rings is 2. The number of halogens is 1. The lowest BCUT2D eigenvalue weighted by atomic mass is 9.95. The monoisotopic (exact) mass is 404 g/mol. The van der Waals surface area contributed by atoms with Gasteiger partial charge in [-0.1, -0.05) is 24.3 Å². The Morgan fingerprint density at radius 3 is 2.67 bits per heavy atom. The van der Waals surface area contributed by atoms with Crippen LogP contribution in [0, 0.1) is 11.7 Å². The van der Waals surface area contributed by atoms with Gasteiger partial charge in [0.1, 0.15) is 23.2 Å². The number of amides is 1. The van der Waals surface area contributed by atoms with E-state index in [1.807, 2.05) is 24.3 Å². The maximum absolute atomic E-state index is 13.0. The highest BCUT2D eigenvalue weighted by atomic mass is 19.1. The number of nitrogens with zero attached hydrogens (tertiary/aromatic N) is 3. The van der Waals surface area contributed by atoms with Gasteiger partial charge in [-0.25, -0.2) is 14.4 Å². The molecule has 2 aromatic heterocycles. The number of rotatable bonds is 4. The van der Waals surface area contributed by atoms with E-state index in [0.29, 0.717) is 12.1 Å². The molecule has 0 radical (unpaired) electrons. The van der Waals surface area contributed by atoms with Crippen LogP contribution in [0.3, 0.4) is 0 Å². The van der Waals surface area contributed by atoms with Gasteiger partial charge in [0.15, 0.2) is 11.4 Å². The molecule has 6 nitrogen and oxygen atoms in total. The van der Waals surface area contributed by atoms with Gasteiger partial charge in [-0.05, 0) is 42.7 Å². The van der Waals surface area contributed by atoms with Crippen molar-refractivity contribution in [1.82, 2.24) is 15.3 Å². The number of aromatic nitrogens is 2. The highest BCUT2D eigenvalue weighted by Crippen LogP contribution is 2.33. The maximum Gasteiger partial charge on any atom is 0.223 e.